The van der Waals surface area contributed by atoms with Gasteiger partial charge in [-0.2, -0.15) is 0 Å². The summed E-state index contributed by atoms with van der Waals surface area (Å²) in [6.45, 7) is 5.31. The van der Waals surface area contributed by atoms with Crippen LogP contribution in [0.2, 0.25) is 0 Å². The molecule has 1 rings (SSSR count). The Kier molecular flexibility index (Phi) is 5.36. The van der Waals surface area contributed by atoms with Crippen molar-refractivity contribution >= 4 is 5.91 Å². The maximum atomic E-state index is 11.7. The lowest BCUT2D eigenvalue weighted by atomic mass is 9.93. The van der Waals surface area contributed by atoms with Crippen LogP contribution < -0.4 is 11.1 Å². The normalized spacial score (nSPS) is 22.8. The molecule has 5 heteroatoms. The molecule has 0 radical (unpaired) electrons. The number of carbonyl (C=O) groups excluding carboxylic acids is 1. The topological polar surface area (TPSA) is 84.6 Å². The summed E-state index contributed by atoms with van der Waals surface area (Å²) in [5, 5.41) is 12.9. The van der Waals surface area contributed by atoms with E-state index in [1.165, 1.54) is 0 Å². The van der Waals surface area contributed by atoms with Crippen molar-refractivity contribution in [3.8, 4) is 0 Å². The van der Waals surface area contributed by atoms with E-state index in [1.807, 2.05) is 13.8 Å². The molecule has 1 amide bonds. The molecule has 1 fully saturated rings. The Bertz CT molecular complexity index is 252. The zero-order valence-corrected chi connectivity index (χ0v) is 10.7. The summed E-state index contributed by atoms with van der Waals surface area (Å²) in [7, 11) is 0. The average molecular weight is 244 g/mol. The number of aliphatic hydroxyl groups is 1. The van der Waals surface area contributed by atoms with Gasteiger partial charge < -0.3 is 20.9 Å². The molecule has 0 bridgehead atoms. The maximum Gasteiger partial charge on any atom is 0.237 e. The second kappa shape index (κ2) is 6.33. The quantitative estimate of drug-likeness (QED) is 0.636. The lowest BCUT2D eigenvalue weighted by Gasteiger charge is -2.32. The number of hydrogen-bond donors (Lipinski definition) is 3. The molecule has 1 saturated heterocycles. The van der Waals surface area contributed by atoms with Crippen LogP contribution in [0.3, 0.4) is 0 Å². The molecule has 17 heavy (non-hydrogen) atoms. The lowest BCUT2D eigenvalue weighted by molar-refractivity contribution is -0.126. The third-order valence-electron chi connectivity index (χ3n) is 3.57. The molecule has 0 aromatic rings. The second-order valence-electron chi connectivity index (χ2n) is 4.97. The third kappa shape index (κ3) is 4.26. The van der Waals surface area contributed by atoms with Gasteiger partial charge in [0.25, 0.3) is 0 Å². The van der Waals surface area contributed by atoms with E-state index in [0.29, 0.717) is 26.1 Å². The highest BCUT2D eigenvalue weighted by Gasteiger charge is 2.31. The molecule has 0 spiro atoms. The lowest BCUT2D eigenvalue weighted by Crippen LogP contribution is -2.51. The number of rotatable bonds is 5. The molecule has 0 aliphatic carbocycles. The Hall–Kier alpha value is -0.650. The fourth-order valence-corrected chi connectivity index (χ4v) is 1.81. The van der Waals surface area contributed by atoms with E-state index in [-0.39, 0.29) is 18.4 Å². The molecule has 1 aliphatic rings. The molecule has 4 N–H and O–H groups in total. The molecule has 2 atom stereocenters. The van der Waals surface area contributed by atoms with E-state index >= 15 is 0 Å². The van der Waals surface area contributed by atoms with Crippen molar-refractivity contribution in [2.45, 2.75) is 44.8 Å². The largest absolute Gasteiger partial charge is 0.388 e. The van der Waals surface area contributed by atoms with Crippen LogP contribution in [-0.2, 0) is 9.53 Å². The zero-order valence-electron chi connectivity index (χ0n) is 10.7. The first-order chi connectivity index (χ1) is 7.98. The first-order valence-corrected chi connectivity index (χ1v) is 6.32. The Morgan fingerprint density at radius 3 is 2.65 bits per heavy atom. The molecule has 0 aromatic carbocycles. The van der Waals surface area contributed by atoms with Crippen molar-refractivity contribution < 1.29 is 14.6 Å². The number of nitrogens with two attached hydrogens (primary N) is 1. The van der Waals surface area contributed by atoms with Crippen molar-refractivity contribution in [1.29, 1.82) is 0 Å². The van der Waals surface area contributed by atoms with E-state index in [2.05, 4.69) is 5.32 Å². The molecule has 0 saturated carbocycles. The van der Waals surface area contributed by atoms with Crippen molar-refractivity contribution in [2.24, 2.45) is 11.7 Å². The van der Waals surface area contributed by atoms with E-state index in [9.17, 15) is 9.90 Å². The fourth-order valence-electron chi connectivity index (χ4n) is 1.81. The van der Waals surface area contributed by atoms with E-state index in [4.69, 9.17) is 10.5 Å². The van der Waals surface area contributed by atoms with Gasteiger partial charge >= 0.3 is 0 Å². The highest BCUT2D eigenvalue weighted by molar-refractivity contribution is 5.81. The van der Waals surface area contributed by atoms with Gasteiger partial charge in [0.1, 0.15) is 0 Å². The number of carbonyl (C=O) groups is 1. The third-order valence-corrected chi connectivity index (χ3v) is 3.57. The summed E-state index contributed by atoms with van der Waals surface area (Å²) >= 11 is 0. The summed E-state index contributed by atoms with van der Waals surface area (Å²) in [5.41, 5.74) is 4.98. The first kappa shape index (κ1) is 14.4. The average Bonchev–Trinajstić information content (AvgIpc) is 2.35. The van der Waals surface area contributed by atoms with E-state index in [0.717, 1.165) is 6.42 Å². The molecule has 2 unspecified atom stereocenters. The summed E-state index contributed by atoms with van der Waals surface area (Å²) < 4.78 is 5.18. The highest BCUT2D eigenvalue weighted by atomic mass is 16.5. The number of nitrogens with one attached hydrogen (secondary N) is 1. The van der Waals surface area contributed by atoms with Gasteiger partial charge in [-0.05, 0) is 5.92 Å². The van der Waals surface area contributed by atoms with Gasteiger partial charge in [-0.15, -0.1) is 0 Å². The predicted octanol–water partition coefficient (Wildman–Crippen LogP) is 0.0175. The van der Waals surface area contributed by atoms with Crippen LogP contribution in [0.1, 0.15) is 33.1 Å². The van der Waals surface area contributed by atoms with Gasteiger partial charge in [0.2, 0.25) is 5.91 Å². The van der Waals surface area contributed by atoms with Crippen molar-refractivity contribution in [3.05, 3.63) is 0 Å². The summed E-state index contributed by atoms with van der Waals surface area (Å²) in [6.07, 6.45) is 1.99. The van der Waals surface area contributed by atoms with Crippen LogP contribution in [0.25, 0.3) is 0 Å². The van der Waals surface area contributed by atoms with Crippen molar-refractivity contribution in [3.63, 3.8) is 0 Å². The van der Waals surface area contributed by atoms with E-state index < -0.39 is 11.6 Å². The summed E-state index contributed by atoms with van der Waals surface area (Å²) in [4.78, 5) is 11.7. The Morgan fingerprint density at radius 2 is 2.12 bits per heavy atom. The van der Waals surface area contributed by atoms with Crippen molar-refractivity contribution in [1.82, 2.24) is 5.32 Å². The fraction of sp³-hybridized carbons (Fsp3) is 0.917. The van der Waals surface area contributed by atoms with E-state index in [1.54, 1.807) is 0 Å². The minimum absolute atomic E-state index is 0.152. The number of hydrogen-bond acceptors (Lipinski definition) is 4. The summed E-state index contributed by atoms with van der Waals surface area (Å²) in [5.74, 6) is -0.0291. The van der Waals surface area contributed by atoms with Gasteiger partial charge in [-0.25, -0.2) is 0 Å². The molecule has 5 nitrogen and oxygen atoms in total. The van der Waals surface area contributed by atoms with Crippen LogP contribution in [0.5, 0.6) is 0 Å². The second-order valence-corrected chi connectivity index (χ2v) is 4.97. The molecule has 0 aromatic heterocycles. The number of ether oxygens (including phenoxy) is 1. The Balaban J connectivity index is 2.36. The van der Waals surface area contributed by atoms with Gasteiger partial charge in [0, 0.05) is 32.6 Å². The standard InChI is InChI=1S/C12H24N2O3/c1-3-9(2)10(13)11(15)14-8-12(16)4-6-17-7-5-12/h9-10,16H,3-8,13H2,1-2H3,(H,14,15). The van der Waals surface area contributed by atoms with Crippen LogP contribution in [-0.4, -0.2) is 42.4 Å². The molecule has 1 heterocycles. The molecular weight excluding hydrogens is 220 g/mol. The van der Waals surface area contributed by atoms with Gasteiger partial charge in [0.15, 0.2) is 0 Å². The van der Waals surface area contributed by atoms with Crippen LogP contribution in [0.15, 0.2) is 0 Å². The maximum absolute atomic E-state index is 11.7. The smallest absolute Gasteiger partial charge is 0.237 e. The van der Waals surface area contributed by atoms with Crippen molar-refractivity contribution in [2.75, 3.05) is 19.8 Å². The molecule has 100 valence electrons. The number of amides is 1. The van der Waals surface area contributed by atoms with Gasteiger partial charge in [-0.3, -0.25) is 4.79 Å². The van der Waals surface area contributed by atoms with Gasteiger partial charge in [-0.1, -0.05) is 20.3 Å². The molecule has 1 aliphatic heterocycles. The predicted molar refractivity (Wildman–Crippen MR) is 65.4 cm³/mol. The van der Waals surface area contributed by atoms with Crippen LogP contribution in [0.4, 0.5) is 0 Å². The zero-order chi connectivity index (χ0) is 12.9. The van der Waals surface area contributed by atoms with Crippen LogP contribution in [0, 0.1) is 5.92 Å². The highest BCUT2D eigenvalue weighted by Crippen LogP contribution is 2.19. The Labute approximate surface area is 103 Å². The van der Waals surface area contributed by atoms with Crippen LogP contribution >= 0.6 is 0 Å². The summed E-state index contributed by atoms with van der Waals surface area (Å²) in [6, 6.07) is -0.497. The minimum atomic E-state index is -0.830. The Morgan fingerprint density at radius 1 is 1.53 bits per heavy atom. The van der Waals surface area contributed by atoms with Gasteiger partial charge in [0.05, 0.1) is 11.6 Å². The molecular formula is C12H24N2O3. The monoisotopic (exact) mass is 244 g/mol. The first-order valence-electron chi connectivity index (χ1n) is 6.32. The minimum Gasteiger partial charge on any atom is -0.388 e. The SMILES string of the molecule is CCC(C)C(N)C(=O)NCC1(O)CCOCC1.